The summed E-state index contributed by atoms with van der Waals surface area (Å²) in [4.78, 5) is 4.99. The third-order valence-corrected chi connectivity index (χ3v) is 2.44. The van der Waals surface area contributed by atoms with E-state index in [-0.39, 0.29) is 6.04 Å². The molecule has 0 aromatic carbocycles. The fraction of sp³-hybridized carbons (Fsp3) is 0.500. The van der Waals surface area contributed by atoms with Crippen molar-refractivity contribution < 1.29 is 13.2 Å². The molecule has 1 unspecified atom stereocenters. The van der Waals surface area contributed by atoms with E-state index in [2.05, 4.69) is 4.98 Å². The number of nitrogens with zero attached hydrogens (tertiary/aromatic N) is 2. The van der Waals surface area contributed by atoms with Crippen molar-refractivity contribution in [3.63, 3.8) is 0 Å². The van der Waals surface area contributed by atoms with Gasteiger partial charge in [-0.1, -0.05) is 0 Å². The highest BCUT2D eigenvalue weighted by Gasteiger charge is 2.32. The highest BCUT2D eigenvalue weighted by molar-refractivity contribution is 5.47. The van der Waals surface area contributed by atoms with Crippen LogP contribution in [0.15, 0.2) is 18.3 Å². The molecule has 0 aliphatic heterocycles. The van der Waals surface area contributed by atoms with Crippen LogP contribution in [0.25, 0.3) is 0 Å². The number of halogens is 3. The molecule has 0 saturated heterocycles. The lowest BCUT2D eigenvalue weighted by atomic mass is 10.2. The Hall–Kier alpha value is -1.30. The maximum atomic E-state index is 12.4. The molecule has 1 atom stereocenters. The molecule has 0 fully saturated rings. The van der Waals surface area contributed by atoms with Crippen LogP contribution in [0.5, 0.6) is 0 Å². The third-order valence-electron chi connectivity index (χ3n) is 2.44. The van der Waals surface area contributed by atoms with E-state index >= 15 is 0 Å². The first-order valence-electron chi connectivity index (χ1n) is 4.82. The predicted octanol–water partition coefficient (Wildman–Crippen LogP) is 1.88. The minimum atomic E-state index is -4.41. The Balaban J connectivity index is 2.99. The first-order valence-corrected chi connectivity index (χ1v) is 4.82. The summed E-state index contributed by atoms with van der Waals surface area (Å²) < 4.78 is 37.2. The summed E-state index contributed by atoms with van der Waals surface area (Å²) in [6, 6.07) is 2.52. The first kappa shape index (κ1) is 12.8. The lowest BCUT2D eigenvalue weighted by Crippen LogP contribution is -2.35. The molecule has 3 nitrogen and oxygen atoms in total. The number of aromatic nitrogens is 1. The van der Waals surface area contributed by atoms with E-state index in [1.54, 1.807) is 11.9 Å². The normalized spacial score (nSPS) is 13.6. The van der Waals surface area contributed by atoms with Gasteiger partial charge in [0.15, 0.2) is 0 Å². The van der Waals surface area contributed by atoms with Gasteiger partial charge in [0.1, 0.15) is 5.69 Å². The summed E-state index contributed by atoms with van der Waals surface area (Å²) in [5, 5.41) is 0. The van der Waals surface area contributed by atoms with Crippen molar-refractivity contribution in [1.82, 2.24) is 4.98 Å². The van der Waals surface area contributed by atoms with Gasteiger partial charge in [0.2, 0.25) is 0 Å². The summed E-state index contributed by atoms with van der Waals surface area (Å²) in [5.41, 5.74) is 5.03. The summed E-state index contributed by atoms with van der Waals surface area (Å²) in [5.74, 6) is 0. The van der Waals surface area contributed by atoms with Crippen LogP contribution in [0.4, 0.5) is 18.9 Å². The minimum absolute atomic E-state index is 0.0246. The van der Waals surface area contributed by atoms with E-state index in [0.29, 0.717) is 12.2 Å². The van der Waals surface area contributed by atoms with E-state index in [9.17, 15) is 13.2 Å². The van der Waals surface area contributed by atoms with E-state index in [4.69, 9.17) is 5.73 Å². The standard InChI is InChI=1S/C10H14F3N3/c1-7(6-14)16(2)8-3-4-15-9(5-8)10(11,12)13/h3-5,7H,6,14H2,1-2H3. The Morgan fingerprint density at radius 2 is 2.12 bits per heavy atom. The Labute approximate surface area is 92.1 Å². The molecule has 16 heavy (non-hydrogen) atoms. The van der Waals surface area contributed by atoms with E-state index < -0.39 is 11.9 Å². The third kappa shape index (κ3) is 2.85. The van der Waals surface area contributed by atoms with Gasteiger partial charge in [-0.15, -0.1) is 0 Å². The highest BCUT2D eigenvalue weighted by Crippen LogP contribution is 2.29. The summed E-state index contributed by atoms with van der Waals surface area (Å²) in [6.07, 6.45) is -3.26. The van der Waals surface area contributed by atoms with Gasteiger partial charge in [0, 0.05) is 31.5 Å². The largest absolute Gasteiger partial charge is 0.433 e. The van der Waals surface area contributed by atoms with Crippen LogP contribution in [-0.4, -0.2) is 24.6 Å². The molecule has 2 N–H and O–H groups in total. The number of likely N-dealkylation sites (N-methyl/N-ethyl adjacent to an activating group) is 1. The maximum Gasteiger partial charge on any atom is 0.433 e. The van der Waals surface area contributed by atoms with Gasteiger partial charge in [0.05, 0.1) is 0 Å². The van der Waals surface area contributed by atoms with Crippen LogP contribution in [-0.2, 0) is 6.18 Å². The van der Waals surface area contributed by atoms with Gasteiger partial charge in [-0.25, -0.2) is 0 Å². The van der Waals surface area contributed by atoms with E-state index in [0.717, 1.165) is 12.3 Å². The molecule has 0 aliphatic carbocycles. The topological polar surface area (TPSA) is 42.1 Å². The Morgan fingerprint density at radius 1 is 1.50 bits per heavy atom. The average molecular weight is 233 g/mol. The second-order valence-corrected chi connectivity index (χ2v) is 3.59. The molecular formula is C10H14F3N3. The zero-order chi connectivity index (χ0) is 12.3. The van der Waals surface area contributed by atoms with Crippen molar-refractivity contribution in [3.05, 3.63) is 24.0 Å². The van der Waals surface area contributed by atoms with Gasteiger partial charge in [-0.05, 0) is 19.1 Å². The summed E-state index contributed by atoms with van der Waals surface area (Å²) in [6.45, 7) is 2.22. The molecule has 0 saturated carbocycles. The molecule has 1 aromatic rings. The second kappa shape index (κ2) is 4.69. The molecule has 0 amide bonds. The van der Waals surface area contributed by atoms with Gasteiger partial charge in [0.25, 0.3) is 0 Å². The van der Waals surface area contributed by atoms with Crippen LogP contribution in [0, 0.1) is 0 Å². The zero-order valence-corrected chi connectivity index (χ0v) is 9.12. The molecule has 0 spiro atoms. The summed E-state index contributed by atoms with van der Waals surface area (Å²) in [7, 11) is 1.70. The van der Waals surface area contributed by atoms with Gasteiger partial charge in [-0.2, -0.15) is 13.2 Å². The predicted molar refractivity (Wildman–Crippen MR) is 56.2 cm³/mol. The molecule has 1 rings (SSSR count). The fourth-order valence-corrected chi connectivity index (χ4v) is 1.21. The second-order valence-electron chi connectivity index (χ2n) is 3.59. The molecule has 0 aliphatic rings. The van der Waals surface area contributed by atoms with Crippen molar-refractivity contribution >= 4 is 5.69 Å². The van der Waals surface area contributed by atoms with E-state index in [1.807, 2.05) is 6.92 Å². The Morgan fingerprint density at radius 3 is 2.62 bits per heavy atom. The maximum absolute atomic E-state index is 12.4. The van der Waals surface area contributed by atoms with Crippen LogP contribution in [0.3, 0.4) is 0 Å². The lowest BCUT2D eigenvalue weighted by Gasteiger charge is -2.26. The fourth-order valence-electron chi connectivity index (χ4n) is 1.21. The van der Waals surface area contributed by atoms with Crippen molar-refractivity contribution in [3.8, 4) is 0 Å². The number of rotatable bonds is 3. The van der Waals surface area contributed by atoms with Crippen LogP contribution in [0.2, 0.25) is 0 Å². The number of hydrogen-bond donors (Lipinski definition) is 1. The molecule has 1 heterocycles. The molecule has 90 valence electrons. The van der Waals surface area contributed by atoms with Crippen LogP contribution < -0.4 is 10.6 Å². The monoisotopic (exact) mass is 233 g/mol. The SMILES string of the molecule is CC(CN)N(C)c1ccnc(C(F)(F)F)c1. The average Bonchev–Trinajstić information content (AvgIpc) is 2.26. The number of nitrogens with two attached hydrogens (primary N) is 1. The smallest absolute Gasteiger partial charge is 0.371 e. The number of pyridine rings is 1. The lowest BCUT2D eigenvalue weighted by molar-refractivity contribution is -0.141. The number of alkyl halides is 3. The Kier molecular flexibility index (Phi) is 3.74. The molecule has 0 radical (unpaired) electrons. The first-order chi connectivity index (χ1) is 7.36. The quantitative estimate of drug-likeness (QED) is 0.866. The highest BCUT2D eigenvalue weighted by atomic mass is 19.4. The Bertz CT molecular complexity index is 351. The summed E-state index contributed by atoms with van der Waals surface area (Å²) >= 11 is 0. The zero-order valence-electron chi connectivity index (χ0n) is 9.12. The molecule has 1 aromatic heterocycles. The number of anilines is 1. The van der Waals surface area contributed by atoms with Gasteiger partial charge in [-0.3, -0.25) is 4.98 Å². The minimum Gasteiger partial charge on any atom is -0.371 e. The van der Waals surface area contributed by atoms with Crippen molar-refractivity contribution in [2.45, 2.75) is 19.1 Å². The van der Waals surface area contributed by atoms with Gasteiger partial charge < -0.3 is 10.6 Å². The van der Waals surface area contributed by atoms with Crippen molar-refractivity contribution in [2.24, 2.45) is 5.73 Å². The van der Waals surface area contributed by atoms with Crippen LogP contribution >= 0.6 is 0 Å². The molecule has 6 heteroatoms. The number of hydrogen-bond acceptors (Lipinski definition) is 3. The molecular weight excluding hydrogens is 219 g/mol. The van der Waals surface area contributed by atoms with Gasteiger partial charge >= 0.3 is 6.18 Å². The molecule has 0 bridgehead atoms. The van der Waals surface area contributed by atoms with Crippen LogP contribution in [0.1, 0.15) is 12.6 Å². The van der Waals surface area contributed by atoms with Crippen molar-refractivity contribution in [1.29, 1.82) is 0 Å². The van der Waals surface area contributed by atoms with Crippen molar-refractivity contribution in [2.75, 3.05) is 18.5 Å². The van der Waals surface area contributed by atoms with E-state index in [1.165, 1.54) is 6.07 Å².